The minimum atomic E-state index is -0.419. The molecule has 0 aliphatic heterocycles. The number of carbonyl (C=O) groups excluding carboxylic acids is 1. The van der Waals surface area contributed by atoms with Crippen molar-refractivity contribution in [3.63, 3.8) is 0 Å². The van der Waals surface area contributed by atoms with Crippen LogP contribution in [-0.2, 0) is 4.79 Å². The summed E-state index contributed by atoms with van der Waals surface area (Å²) in [6, 6.07) is 0. The largest absolute Gasteiger partial charge is 0.291 e. The van der Waals surface area contributed by atoms with E-state index in [1.807, 2.05) is 30.4 Å². The van der Waals surface area contributed by atoms with Gasteiger partial charge in [-0.25, -0.2) is 0 Å². The van der Waals surface area contributed by atoms with Crippen molar-refractivity contribution in [3.05, 3.63) is 94.8 Å². The van der Waals surface area contributed by atoms with Gasteiger partial charge in [0.15, 0.2) is 6.29 Å². The molecule has 0 aromatic rings. The molecule has 26 heavy (non-hydrogen) atoms. The maximum Gasteiger partial charge on any atom is 0.246 e. The Hall–Kier alpha value is -2.75. The maximum atomic E-state index is 10.8. The van der Waals surface area contributed by atoms with E-state index in [0.29, 0.717) is 6.42 Å². The summed E-state index contributed by atoms with van der Waals surface area (Å²) < 4.78 is 0. The van der Waals surface area contributed by atoms with Crippen LogP contribution in [0.3, 0.4) is 0 Å². The van der Waals surface area contributed by atoms with E-state index in [2.05, 4.69) is 37.3 Å². The molecule has 4 heteroatoms. The van der Waals surface area contributed by atoms with Crippen molar-refractivity contribution in [1.29, 1.82) is 0 Å². The van der Waals surface area contributed by atoms with Gasteiger partial charge in [-0.3, -0.25) is 14.9 Å². The fourth-order valence-corrected chi connectivity index (χ4v) is 1.82. The van der Waals surface area contributed by atoms with Gasteiger partial charge < -0.3 is 0 Å². The zero-order valence-electron chi connectivity index (χ0n) is 15.4. The monoisotopic (exact) mass is 354 g/mol. The number of allylic oxidation sites excluding steroid dienone is 13. The van der Waals surface area contributed by atoms with E-state index in [-0.39, 0.29) is 18.5 Å². The first-order valence-corrected chi connectivity index (χ1v) is 8.85. The van der Waals surface area contributed by atoms with Crippen LogP contribution in [0, 0.1) is 10.1 Å². The second-order valence-electron chi connectivity index (χ2n) is 5.29. The summed E-state index contributed by atoms with van der Waals surface area (Å²) in [5.41, 5.74) is 0.0987. The Labute approximate surface area is 156 Å². The minimum Gasteiger partial charge on any atom is -0.291 e. The summed E-state index contributed by atoms with van der Waals surface area (Å²) in [6.45, 7) is 2.12. The van der Waals surface area contributed by atoms with Gasteiger partial charge in [-0.2, -0.15) is 0 Å². The SMILES string of the molecule is CC/C=C\C/C=C\C\C=C/C=C\C=C/C=C\C/C(=C\CC[C]=O)[N+](=O)[O-]. The first-order valence-electron chi connectivity index (χ1n) is 8.85. The highest BCUT2D eigenvalue weighted by Crippen LogP contribution is 2.06. The Morgan fingerprint density at radius 1 is 0.885 bits per heavy atom. The van der Waals surface area contributed by atoms with Gasteiger partial charge in [0, 0.05) is 6.42 Å². The summed E-state index contributed by atoms with van der Waals surface area (Å²) in [4.78, 5) is 20.5. The predicted octanol–water partition coefficient (Wildman–Crippen LogP) is 5.95. The zero-order valence-corrected chi connectivity index (χ0v) is 15.4. The highest BCUT2D eigenvalue weighted by molar-refractivity contribution is 5.50. The molecule has 0 saturated carbocycles. The number of rotatable bonds is 14. The van der Waals surface area contributed by atoms with E-state index in [0.717, 1.165) is 19.3 Å². The molecule has 0 spiro atoms. The molecule has 1 radical (unpaired) electrons. The molecule has 0 heterocycles. The lowest BCUT2D eigenvalue weighted by atomic mass is 10.2. The standard InChI is InChI=1S/C22H28NO3/c1-2-3-4-5-6-7-8-9-10-11-12-13-14-15-16-19-22(23(25)26)20-17-18-21-24/h3-4,6-7,9-16,20H,2,5,8,17-19H2,1H3/b4-3-,7-6-,10-9-,12-11-,14-13-,16-15-,22-20+. The van der Waals surface area contributed by atoms with Crippen LogP contribution in [0.25, 0.3) is 0 Å². The molecule has 0 saturated heterocycles. The van der Waals surface area contributed by atoms with Crippen LogP contribution in [0.4, 0.5) is 0 Å². The lowest BCUT2D eigenvalue weighted by Gasteiger charge is -1.92. The fraction of sp³-hybridized carbons (Fsp3) is 0.318. The summed E-state index contributed by atoms with van der Waals surface area (Å²) in [5, 5.41) is 10.8. The molecule has 139 valence electrons. The van der Waals surface area contributed by atoms with Crippen molar-refractivity contribution >= 4 is 6.29 Å². The van der Waals surface area contributed by atoms with Gasteiger partial charge in [-0.05, 0) is 31.8 Å². The van der Waals surface area contributed by atoms with Crippen molar-refractivity contribution in [2.75, 3.05) is 0 Å². The lowest BCUT2D eigenvalue weighted by Crippen LogP contribution is -1.97. The van der Waals surface area contributed by atoms with Crippen LogP contribution in [0.15, 0.2) is 84.7 Å². The average molecular weight is 354 g/mol. The normalized spacial score (nSPS) is 13.5. The molecule has 0 aliphatic rings. The number of hydrogen-bond acceptors (Lipinski definition) is 3. The molecule has 0 N–H and O–H groups in total. The molecule has 0 atom stereocenters. The molecular formula is C22H28NO3. The Morgan fingerprint density at radius 2 is 1.46 bits per heavy atom. The van der Waals surface area contributed by atoms with Crippen molar-refractivity contribution in [2.45, 2.75) is 45.4 Å². The van der Waals surface area contributed by atoms with Crippen molar-refractivity contribution in [2.24, 2.45) is 0 Å². The number of nitro groups is 1. The van der Waals surface area contributed by atoms with Gasteiger partial charge in [0.1, 0.15) is 0 Å². The van der Waals surface area contributed by atoms with Crippen LogP contribution >= 0.6 is 0 Å². The predicted molar refractivity (Wildman–Crippen MR) is 109 cm³/mol. The van der Waals surface area contributed by atoms with Crippen molar-refractivity contribution in [1.82, 2.24) is 0 Å². The fourth-order valence-electron chi connectivity index (χ4n) is 1.82. The average Bonchev–Trinajstić information content (AvgIpc) is 2.63. The van der Waals surface area contributed by atoms with Crippen LogP contribution < -0.4 is 0 Å². The van der Waals surface area contributed by atoms with Gasteiger partial charge in [0.2, 0.25) is 5.70 Å². The summed E-state index contributed by atoms with van der Waals surface area (Å²) >= 11 is 0. The minimum absolute atomic E-state index is 0.0987. The Morgan fingerprint density at radius 3 is 2.08 bits per heavy atom. The lowest BCUT2D eigenvalue weighted by molar-refractivity contribution is -0.427. The van der Waals surface area contributed by atoms with E-state index in [1.54, 1.807) is 18.4 Å². The molecule has 0 amide bonds. The number of hydrogen-bond donors (Lipinski definition) is 0. The smallest absolute Gasteiger partial charge is 0.246 e. The van der Waals surface area contributed by atoms with E-state index < -0.39 is 4.92 Å². The molecule has 0 unspecified atom stereocenters. The third-order valence-electron chi connectivity index (χ3n) is 3.13. The van der Waals surface area contributed by atoms with Crippen LogP contribution in [0.1, 0.15) is 45.4 Å². The highest BCUT2D eigenvalue weighted by atomic mass is 16.6. The molecule has 0 rings (SSSR count). The van der Waals surface area contributed by atoms with E-state index in [9.17, 15) is 14.9 Å². The Kier molecular flexibility index (Phi) is 16.6. The van der Waals surface area contributed by atoms with Crippen LogP contribution in [0.2, 0.25) is 0 Å². The third-order valence-corrected chi connectivity index (χ3v) is 3.13. The molecule has 0 aliphatic carbocycles. The number of nitrogens with zero attached hydrogens (tertiary/aromatic N) is 1. The van der Waals surface area contributed by atoms with E-state index >= 15 is 0 Å². The summed E-state index contributed by atoms with van der Waals surface area (Å²) in [7, 11) is 0. The van der Waals surface area contributed by atoms with Crippen molar-refractivity contribution < 1.29 is 9.72 Å². The van der Waals surface area contributed by atoms with Crippen LogP contribution in [-0.4, -0.2) is 11.2 Å². The molecule has 0 fully saturated rings. The van der Waals surface area contributed by atoms with E-state index in [1.165, 1.54) is 6.08 Å². The summed E-state index contributed by atoms with van der Waals surface area (Å²) in [6.07, 6.45) is 30.6. The molecule has 0 aromatic carbocycles. The quantitative estimate of drug-likeness (QED) is 0.127. The molecule has 0 aromatic heterocycles. The van der Waals surface area contributed by atoms with Crippen molar-refractivity contribution in [3.8, 4) is 0 Å². The first-order chi connectivity index (χ1) is 12.7. The highest BCUT2D eigenvalue weighted by Gasteiger charge is 2.06. The van der Waals surface area contributed by atoms with Gasteiger partial charge >= 0.3 is 0 Å². The van der Waals surface area contributed by atoms with Gasteiger partial charge in [0.05, 0.1) is 11.3 Å². The molecular weight excluding hydrogens is 326 g/mol. The van der Waals surface area contributed by atoms with Gasteiger partial charge in [-0.1, -0.05) is 79.8 Å². The first kappa shape index (κ1) is 23.2. The van der Waals surface area contributed by atoms with Gasteiger partial charge in [0.25, 0.3) is 0 Å². The Bertz CT molecular complexity index is 591. The second-order valence-corrected chi connectivity index (χ2v) is 5.29. The second kappa shape index (κ2) is 18.6. The third kappa shape index (κ3) is 16.1. The molecule has 4 nitrogen and oxygen atoms in total. The zero-order chi connectivity index (χ0) is 19.3. The molecule has 0 bridgehead atoms. The van der Waals surface area contributed by atoms with E-state index in [4.69, 9.17) is 0 Å². The summed E-state index contributed by atoms with van der Waals surface area (Å²) in [5.74, 6) is 0. The maximum absolute atomic E-state index is 10.8. The van der Waals surface area contributed by atoms with Crippen LogP contribution in [0.5, 0.6) is 0 Å². The topological polar surface area (TPSA) is 60.2 Å². The number of unbranched alkanes of at least 4 members (excludes halogenated alkanes) is 1. The van der Waals surface area contributed by atoms with Gasteiger partial charge in [-0.15, -0.1) is 0 Å². The Balaban J connectivity index is 4.04.